The number of sulfonamides is 1. The number of aliphatic hydroxyl groups excluding tert-OH is 1. The second kappa shape index (κ2) is 7.29. The van der Waals surface area contributed by atoms with Gasteiger partial charge in [0.25, 0.3) is 5.91 Å². The second-order valence-corrected chi connectivity index (χ2v) is 9.01. The lowest BCUT2D eigenvalue weighted by Gasteiger charge is -2.17. The Balaban J connectivity index is 1.73. The molecule has 2 heterocycles. The Morgan fingerprint density at radius 3 is 2.70 bits per heavy atom. The summed E-state index contributed by atoms with van der Waals surface area (Å²) in [5.41, 5.74) is 1.11. The van der Waals surface area contributed by atoms with Crippen molar-refractivity contribution in [1.29, 1.82) is 0 Å². The van der Waals surface area contributed by atoms with Gasteiger partial charge in [0.2, 0.25) is 10.0 Å². The van der Waals surface area contributed by atoms with Crippen molar-refractivity contribution in [3.8, 4) is 17.0 Å². The van der Waals surface area contributed by atoms with Gasteiger partial charge in [0.1, 0.15) is 11.4 Å². The fraction of sp³-hybridized carbons (Fsp3) is 0.412. The van der Waals surface area contributed by atoms with Crippen molar-refractivity contribution in [3.63, 3.8) is 0 Å². The lowest BCUT2D eigenvalue weighted by atomic mass is 10.1. The summed E-state index contributed by atoms with van der Waals surface area (Å²) in [5.74, 6) is -1.11. The Morgan fingerprint density at radius 2 is 2.04 bits per heavy atom. The maximum atomic E-state index is 12.7. The van der Waals surface area contributed by atoms with Crippen LogP contribution in [-0.4, -0.2) is 83.0 Å². The van der Waals surface area contributed by atoms with Gasteiger partial charge in [0.05, 0.1) is 17.6 Å². The van der Waals surface area contributed by atoms with Gasteiger partial charge in [-0.3, -0.25) is 9.89 Å². The van der Waals surface area contributed by atoms with Crippen molar-refractivity contribution in [3.05, 3.63) is 36.0 Å². The van der Waals surface area contributed by atoms with Gasteiger partial charge in [-0.1, -0.05) is 12.1 Å². The number of β-amino-alcohol motifs (C(OH)–C–C–N with tert-alkyl or cyclic N) is 1. The lowest BCUT2D eigenvalue weighted by Crippen LogP contribution is -2.33. The number of carbonyl (C=O) groups is 1. The van der Waals surface area contributed by atoms with Crippen LogP contribution in [0.5, 0.6) is 5.75 Å². The normalized spacial score (nSPS) is 20.4. The van der Waals surface area contributed by atoms with Gasteiger partial charge in [-0.05, 0) is 18.2 Å². The number of nitrogens with zero attached hydrogens (tertiary/aromatic N) is 3. The topological polar surface area (TPSA) is 127 Å². The van der Waals surface area contributed by atoms with Crippen molar-refractivity contribution in [2.45, 2.75) is 6.10 Å². The Morgan fingerprint density at radius 1 is 1.33 bits per heavy atom. The van der Waals surface area contributed by atoms with E-state index in [4.69, 9.17) is 0 Å². The molecule has 146 valence electrons. The van der Waals surface area contributed by atoms with E-state index in [2.05, 4.69) is 10.2 Å². The van der Waals surface area contributed by atoms with E-state index in [-0.39, 0.29) is 36.2 Å². The van der Waals surface area contributed by atoms with Gasteiger partial charge in [-0.15, -0.1) is 0 Å². The number of hydrogen-bond acceptors (Lipinski definition) is 6. The zero-order valence-corrected chi connectivity index (χ0v) is 15.8. The summed E-state index contributed by atoms with van der Waals surface area (Å²) in [5, 5.41) is 26.8. The smallest absolute Gasteiger partial charge is 0.271 e. The fourth-order valence-electron chi connectivity index (χ4n) is 3.03. The molecule has 1 fully saturated rings. The maximum Gasteiger partial charge on any atom is 0.271 e. The molecule has 2 aromatic rings. The summed E-state index contributed by atoms with van der Waals surface area (Å²) in [7, 11) is -0.607. The SMILES string of the molecule is CN(C)S(=O)(=O)C[C@@H]1CN(C(=O)c2cc(-c3ccccc3O)n[nH]2)C[C@@H]1O. The summed E-state index contributed by atoms with van der Waals surface area (Å²) in [6.45, 7) is 0.190. The van der Waals surface area contributed by atoms with E-state index < -0.39 is 22.0 Å². The van der Waals surface area contributed by atoms with Gasteiger partial charge in [0, 0.05) is 38.7 Å². The molecule has 0 saturated carbocycles. The zero-order valence-electron chi connectivity index (χ0n) is 15.0. The van der Waals surface area contributed by atoms with E-state index in [1.165, 1.54) is 31.1 Å². The lowest BCUT2D eigenvalue weighted by molar-refractivity contribution is 0.0759. The second-order valence-electron chi connectivity index (χ2n) is 6.78. The molecule has 1 amide bonds. The van der Waals surface area contributed by atoms with Crippen LogP contribution >= 0.6 is 0 Å². The number of aromatic amines is 1. The number of aliphatic hydroxyl groups is 1. The molecule has 27 heavy (non-hydrogen) atoms. The maximum absolute atomic E-state index is 12.7. The summed E-state index contributed by atoms with van der Waals surface area (Å²) in [6, 6.07) is 8.16. The van der Waals surface area contributed by atoms with Crippen LogP contribution in [0.1, 0.15) is 10.5 Å². The highest BCUT2D eigenvalue weighted by Gasteiger charge is 2.38. The number of amides is 1. The fourth-order valence-corrected chi connectivity index (χ4v) is 4.20. The van der Waals surface area contributed by atoms with Crippen molar-refractivity contribution >= 4 is 15.9 Å². The van der Waals surface area contributed by atoms with Crippen molar-refractivity contribution in [1.82, 2.24) is 19.4 Å². The molecule has 10 heteroatoms. The monoisotopic (exact) mass is 394 g/mol. The first-order valence-electron chi connectivity index (χ1n) is 8.40. The Labute approximate surface area is 157 Å². The molecular weight excluding hydrogens is 372 g/mol. The number of benzene rings is 1. The first-order valence-corrected chi connectivity index (χ1v) is 10.0. The molecule has 1 aliphatic rings. The summed E-state index contributed by atoms with van der Waals surface area (Å²) < 4.78 is 25.2. The molecule has 1 aliphatic heterocycles. The van der Waals surface area contributed by atoms with Gasteiger partial charge < -0.3 is 15.1 Å². The molecular formula is C17H22N4O5S. The van der Waals surface area contributed by atoms with Gasteiger partial charge in [-0.2, -0.15) is 5.10 Å². The minimum Gasteiger partial charge on any atom is -0.507 e. The van der Waals surface area contributed by atoms with Gasteiger partial charge >= 0.3 is 0 Å². The molecule has 0 aliphatic carbocycles. The van der Waals surface area contributed by atoms with Crippen LogP contribution < -0.4 is 0 Å². The minimum atomic E-state index is -3.48. The highest BCUT2D eigenvalue weighted by Crippen LogP contribution is 2.28. The third-order valence-electron chi connectivity index (χ3n) is 4.66. The zero-order chi connectivity index (χ0) is 19.8. The quantitative estimate of drug-likeness (QED) is 0.660. The average Bonchev–Trinajstić information content (AvgIpc) is 3.22. The highest BCUT2D eigenvalue weighted by molar-refractivity contribution is 7.89. The van der Waals surface area contributed by atoms with Crippen molar-refractivity contribution < 1.29 is 23.4 Å². The predicted octanol–water partition coefficient (Wildman–Crippen LogP) is 0.107. The van der Waals surface area contributed by atoms with Crippen LogP contribution in [0.2, 0.25) is 0 Å². The number of phenols is 1. The number of aromatic hydroxyl groups is 1. The van der Waals surface area contributed by atoms with E-state index in [1.807, 2.05) is 0 Å². The first-order chi connectivity index (χ1) is 12.7. The molecule has 3 N–H and O–H groups in total. The Hall–Kier alpha value is -2.43. The summed E-state index contributed by atoms with van der Waals surface area (Å²) in [4.78, 5) is 14.1. The number of carbonyl (C=O) groups excluding carboxylic acids is 1. The number of para-hydroxylation sites is 1. The number of phenolic OH excluding ortho intramolecular Hbond substituents is 1. The molecule has 9 nitrogen and oxygen atoms in total. The molecule has 2 atom stereocenters. The molecule has 1 aromatic carbocycles. The van der Waals surface area contributed by atoms with E-state index in [1.54, 1.807) is 18.2 Å². The molecule has 3 rings (SSSR count). The van der Waals surface area contributed by atoms with E-state index >= 15 is 0 Å². The van der Waals surface area contributed by atoms with Crippen LogP contribution in [0.25, 0.3) is 11.3 Å². The molecule has 1 saturated heterocycles. The van der Waals surface area contributed by atoms with Crippen LogP contribution in [0.15, 0.2) is 30.3 Å². The number of aromatic nitrogens is 2. The first kappa shape index (κ1) is 19.3. The number of rotatable bonds is 5. The highest BCUT2D eigenvalue weighted by atomic mass is 32.2. The third-order valence-corrected chi connectivity index (χ3v) is 6.63. The van der Waals surface area contributed by atoms with Crippen LogP contribution in [-0.2, 0) is 10.0 Å². The van der Waals surface area contributed by atoms with Crippen molar-refractivity contribution in [2.24, 2.45) is 5.92 Å². The van der Waals surface area contributed by atoms with E-state index in [0.717, 1.165) is 4.31 Å². The van der Waals surface area contributed by atoms with Crippen LogP contribution in [0.4, 0.5) is 0 Å². The minimum absolute atomic E-state index is 0.0496. The third kappa shape index (κ3) is 3.97. The van der Waals surface area contributed by atoms with Crippen LogP contribution in [0, 0.1) is 5.92 Å². The number of nitrogens with one attached hydrogen (secondary N) is 1. The molecule has 0 unspecified atom stereocenters. The number of likely N-dealkylation sites (tertiary alicyclic amines) is 1. The summed E-state index contributed by atoms with van der Waals surface area (Å²) >= 11 is 0. The molecule has 0 spiro atoms. The Bertz CT molecular complexity index is 940. The molecule has 0 bridgehead atoms. The van der Waals surface area contributed by atoms with Crippen LogP contribution in [0.3, 0.4) is 0 Å². The van der Waals surface area contributed by atoms with Gasteiger partial charge in [0.15, 0.2) is 0 Å². The standard InChI is InChI=1S/C17H22N4O5S/c1-20(2)27(25,26)10-11-8-21(9-16(11)23)17(24)14-7-13(18-19-14)12-5-3-4-6-15(12)22/h3-7,11,16,22-23H,8-10H2,1-2H3,(H,18,19)/t11-,16-/m0/s1. The molecule has 1 aromatic heterocycles. The number of hydrogen-bond donors (Lipinski definition) is 3. The summed E-state index contributed by atoms with van der Waals surface area (Å²) in [6.07, 6.45) is -0.913. The average molecular weight is 394 g/mol. The predicted molar refractivity (Wildman–Crippen MR) is 98.6 cm³/mol. The molecule has 0 radical (unpaired) electrons. The van der Waals surface area contributed by atoms with Crippen molar-refractivity contribution in [2.75, 3.05) is 32.9 Å². The van der Waals surface area contributed by atoms with E-state index in [0.29, 0.717) is 11.3 Å². The Kier molecular flexibility index (Phi) is 5.22. The largest absolute Gasteiger partial charge is 0.507 e. The van der Waals surface area contributed by atoms with E-state index in [9.17, 15) is 23.4 Å². The van der Waals surface area contributed by atoms with Gasteiger partial charge in [-0.25, -0.2) is 12.7 Å². The number of H-pyrrole nitrogens is 1.